The van der Waals surface area contributed by atoms with Gasteiger partial charge in [-0.15, -0.1) is 0 Å². The summed E-state index contributed by atoms with van der Waals surface area (Å²) in [7, 11) is 0. The standard InChI is InChI=1S/C19H26N6O2/c20-18(21)24-14-4-8-16(9-5-14)26-12-2-1-3-13-27-17-10-6-15(7-11-17)25-19(22)23/h4-11H,1-3,12-13H2,(H4,20,21,24)(H4,22,23,25). The van der Waals surface area contributed by atoms with Gasteiger partial charge in [0.15, 0.2) is 11.9 Å². The van der Waals surface area contributed by atoms with E-state index in [-0.39, 0.29) is 11.9 Å². The van der Waals surface area contributed by atoms with Crippen molar-refractivity contribution in [2.75, 3.05) is 23.8 Å². The molecule has 0 fully saturated rings. The first-order chi connectivity index (χ1) is 13.0. The molecule has 0 aliphatic rings. The summed E-state index contributed by atoms with van der Waals surface area (Å²) in [6.07, 6.45) is 2.89. The molecule has 8 heteroatoms. The van der Waals surface area contributed by atoms with E-state index >= 15 is 0 Å². The summed E-state index contributed by atoms with van der Waals surface area (Å²) in [6, 6.07) is 14.7. The van der Waals surface area contributed by atoms with E-state index in [1.807, 2.05) is 48.5 Å². The van der Waals surface area contributed by atoms with Gasteiger partial charge in [-0.2, -0.15) is 0 Å². The van der Waals surface area contributed by atoms with Crippen LogP contribution in [-0.2, 0) is 0 Å². The van der Waals surface area contributed by atoms with Crippen molar-refractivity contribution in [3.05, 3.63) is 48.5 Å². The molecule has 0 atom stereocenters. The molecule has 0 bridgehead atoms. The predicted octanol–water partition coefficient (Wildman–Crippen LogP) is 2.93. The van der Waals surface area contributed by atoms with Crippen LogP contribution in [0.5, 0.6) is 11.5 Å². The molecule has 0 amide bonds. The first kappa shape index (κ1) is 19.9. The second kappa shape index (κ2) is 10.5. The number of hydrogen-bond donors (Lipinski definition) is 6. The Labute approximate surface area is 158 Å². The fourth-order valence-corrected chi connectivity index (χ4v) is 2.34. The number of anilines is 2. The normalized spacial score (nSPS) is 10.1. The van der Waals surface area contributed by atoms with Crippen LogP contribution < -0.4 is 31.6 Å². The number of rotatable bonds is 10. The maximum Gasteiger partial charge on any atom is 0.190 e. The van der Waals surface area contributed by atoms with Crippen LogP contribution in [0, 0.1) is 10.8 Å². The molecule has 0 saturated heterocycles. The molecule has 0 unspecified atom stereocenters. The molecule has 0 saturated carbocycles. The second-order valence-corrected chi connectivity index (χ2v) is 5.88. The Kier molecular flexibility index (Phi) is 7.77. The monoisotopic (exact) mass is 370 g/mol. The van der Waals surface area contributed by atoms with E-state index in [1.165, 1.54) is 0 Å². The third-order valence-electron chi connectivity index (χ3n) is 3.59. The highest BCUT2D eigenvalue weighted by molar-refractivity contribution is 5.90. The summed E-state index contributed by atoms with van der Waals surface area (Å²) in [5.41, 5.74) is 12.1. The molecule has 8 nitrogen and oxygen atoms in total. The van der Waals surface area contributed by atoms with Gasteiger partial charge >= 0.3 is 0 Å². The summed E-state index contributed by atoms with van der Waals surface area (Å²) < 4.78 is 11.4. The molecule has 2 aromatic rings. The number of hydrogen-bond acceptors (Lipinski definition) is 4. The molecule has 0 radical (unpaired) electrons. The van der Waals surface area contributed by atoms with Crippen molar-refractivity contribution in [3.63, 3.8) is 0 Å². The van der Waals surface area contributed by atoms with Crippen LogP contribution in [0.4, 0.5) is 11.4 Å². The maximum atomic E-state index is 7.18. The molecule has 0 aliphatic heterocycles. The van der Waals surface area contributed by atoms with Gasteiger partial charge in [0.1, 0.15) is 11.5 Å². The van der Waals surface area contributed by atoms with Gasteiger partial charge in [0.05, 0.1) is 13.2 Å². The van der Waals surface area contributed by atoms with Crippen molar-refractivity contribution in [2.45, 2.75) is 19.3 Å². The number of ether oxygens (including phenoxy) is 2. The molecular weight excluding hydrogens is 344 g/mol. The first-order valence-electron chi connectivity index (χ1n) is 8.71. The molecule has 0 aromatic heterocycles. The Balaban J connectivity index is 1.55. The van der Waals surface area contributed by atoms with E-state index in [1.54, 1.807) is 0 Å². The van der Waals surface area contributed by atoms with E-state index in [4.69, 9.17) is 31.8 Å². The average Bonchev–Trinajstić information content (AvgIpc) is 2.63. The lowest BCUT2D eigenvalue weighted by molar-refractivity contribution is 0.279. The smallest absolute Gasteiger partial charge is 0.190 e. The fourth-order valence-electron chi connectivity index (χ4n) is 2.34. The van der Waals surface area contributed by atoms with Crippen LogP contribution >= 0.6 is 0 Å². The molecule has 8 N–H and O–H groups in total. The molecule has 0 aliphatic carbocycles. The van der Waals surface area contributed by atoms with Gasteiger partial charge in [0, 0.05) is 11.4 Å². The van der Waals surface area contributed by atoms with Crippen molar-refractivity contribution in [2.24, 2.45) is 11.5 Å². The van der Waals surface area contributed by atoms with Gasteiger partial charge in [0.25, 0.3) is 0 Å². The van der Waals surface area contributed by atoms with Crippen molar-refractivity contribution in [3.8, 4) is 11.5 Å². The largest absolute Gasteiger partial charge is 0.494 e. The van der Waals surface area contributed by atoms with E-state index in [0.717, 1.165) is 42.1 Å². The first-order valence-corrected chi connectivity index (χ1v) is 8.71. The lowest BCUT2D eigenvalue weighted by atomic mass is 10.2. The van der Waals surface area contributed by atoms with Crippen LogP contribution in [0.1, 0.15) is 19.3 Å². The number of benzene rings is 2. The van der Waals surface area contributed by atoms with Crippen LogP contribution in [0.2, 0.25) is 0 Å². The minimum atomic E-state index is -0.0884. The summed E-state index contributed by atoms with van der Waals surface area (Å²) in [5.74, 6) is 1.41. The van der Waals surface area contributed by atoms with Crippen LogP contribution in [-0.4, -0.2) is 25.1 Å². The quantitative estimate of drug-likeness (QED) is 0.216. The molecule has 0 heterocycles. The van der Waals surface area contributed by atoms with Gasteiger partial charge < -0.3 is 31.6 Å². The minimum absolute atomic E-state index is 0.0884. The van der Waals surface area contributed by atoms with Crippen LogP contribution in [0.3, 0.4) is 0 Å². The molecule has 27 heavy (non-hydrogen) atoms. The average molecular weight is 370 g/mol. The minimum Gasteiger partial charge on any atom is -0.494 e. The van der Waals surface area contributed by atoms with E-state index in [0.29, 0.717) is 13.2 Å². The van der Waals surface area contributed by atoms with E-state index in [9.17, 15) is 0 Å². The van der Waals surface area contributed by atoms with Crippen LogP contribution in [0.15, 0.2) is 48.5 Å². The Bertz CT molecular complexity index is 667. The van der Waals surface area contributed by atoms with Crippen molar-refractivity contribution >= 4 is 23.3 Å². The highest BCUT2D eigenvalue weighted by Gasteiger charge is 1.99. The zero-order valence-electron chi connectivity index (χ0n) is 15.1. The van der Waals surface area contributed by atoms with Crippen LogP contribution in [0.25, 0.3) is 0 Å². The number of guanidine groups is 2. The lowest BCUT2D eigenvalue weighted by Crippen LogP contribution is -2.20. The summed E-state index contributed by atoms with van der Waals surface area (Å²) >= 11 is 0. The molecule has 0 spiro atoms. The summed E-state index contributed by atoms with van der Waals surface area (Å²) in [4.78, 5) is 0. The SMILES string of the molecule is N=C(N)Nc1ccc(OCCCCCOc2ccc(NC(=N)N)cc2)cc1. The van der Waals surface area contributed by atoms with Crippen molar-refractivity contribution in [1.82, 2.24) is 0 Å². The van der Waals surface area contributed by atoms with Gasteiger partial charge in [-0.05, 0) is 67.8 Å². The number of nitrogens with two attached hydrogens (primary N) is 2. The molecule has 144 valence electrons. The highest BCUT2D eigenvalue weighted by Crippen LogP contribution is 2.17. The van der Waals surface area contributed by atoms with Crippen molar-refractivity contribution in [1.29, 1.82) is 10.8 Å². The molecule has 2 rings (SSSR count). The Hall–Kier alpha value is -3.42. The second-order valence-electron chi connectivity index (χ2n) is 5.88. The zero-order chi connectivity index (χ0) is 19.5. The highest BCUT2D eigenvalue weighted by atomic mass is 16.5. The summed E-state index contributed by atoms with van der Waals surface area (Å²) in [6.45, 7) is 1.29. The lowest BCUT2D eigenvalue weighted by Gasteiger charge is -2.09. The van der Waals surface area contributed by atoms with E-state index < -0.39 is 0 Å². The summed E-state index contributed by atoms with van der Waals surface area (Å²) in [5, 5.41) is 19.8. The third-order valence-corrected chi connectivity index (χ3v) is 3.59. The third kappa shape index (κ3) is 8.00. The zero-order valence-corrected chi connectivity index (χ0v) is 15.1. The Morgan fingerprint density at radius 1 is 0.667 bits per heavy atom. The van der Waals surface area contributed by atoms with Gasteiger partial charge in [-0.25, -0.2) is 0 Å². The van der Waals surface area contributed by atoms with Gasteiger partial charge in [-0.3, -0.25) is 10.8 Å². The molecule has 2 aromatic carbocycles. The number of unbranched alkanes of at least 4 members (excludes halogenated alkanes) is 2. The van der Waals surface area contributed by atoms with Gasteiger partial charge in [0.2, 0.25) is 0 Å². The maximum absolute atomic E-state index is 7.18. The molecular formula is C19H26N6O2. The predicted molar refractivity (Wildman–Crippen MR) is 109 cm³/mol. The Morgan fingerprint density at radius 2 is 1.04 bits per heavy atom. The Morgan fingerprint density at radius 3 is 1.37 bits per heavy atom. The van der Waals surface area contributed by atoms with Gasteiger partial charge in [-0.1, -0.05) is 0 Å². The topological polar surface area (TPSA) is 142 Å². The fraction of sp³-hybridized carbons (Fsp3) is 0.263. The number of nitrogens with one attached hydrogen (secondary N) is 4. The van der Waals surface area contributed by atoms with Crippen molar-refractivity contribution < 1.29 is 9.47 Å². The van der Waals surface area contributed by atoms with E-state index in [2.05, 4.69) is 10.6 Å².